The summed E-state index contributed by atoms with van der Waals surface area (Å²) in [6.45, 7) is 8.33. The second-order valence-electron chi connectivity index (χ2n) is 5.56. The Labute approximate surface area is 121 Å². The van der Waals surface area contributed by atoms with Gasteiger partial charge in [0.1, 0.15) is 0 Å². The van der Waals surface area contributed by atoms with E-state index in [1.54, 1.807) is 0 Å². The van der Waals surface area contributed by atoms with Gasteiger partial charge in [0.25, 0.3) is 0 Å². The van der Waals surface area contributed by atoms with Crippen molar-refractivity contribution in [1.29, 1.82) is 0 Å². The summed E-state index contributed by atoms with van der Waals surface area (Å²) in [7, 11) is 0. The van der Waals surface area contributed by atoms with Gasteiger partial charge < -0.3 is 10.1 Å². The number of aryl methyl sites for hydroxylation is 1. The van der Waals surface area contributed by atoms with E-state index in [9.17, 15) is 0 Å². The van der Waals surface area contributed by atoms with E-state index in [0.29, 0.717) is 18.1 Å². The first-order valence-corrected chi connectivity index (χ1v) is 7.59. The van der Waals surface area contributed by atoms with Crippen molar-refractivity contribution in [2.45, 2.75) is 45.8 Å². The molecular formula is C16H24ClNO. The molecule has 3 unspecified atom stereocenters. The van der Waals surface area contributed by atoms with Crippen molar-refractivity contribution in [1.82, 2.24) is 5.32 Å². The minimum absolute atomic E-state index is 0.303. The Morgan fingerprint density at radius 2 is 2.26 bits per heavy atom. The van der Waals surface area contributed by atoms with Gasteiger partial charge in [-0.1, -0.05) is 37.6 Å². The van der Waals surface area contributed by atoms with Crippen LogP contribution in [0.5, 0.6) is 0 Å². The fourth-order valence-corrected chi connectivity index (χ4v) is 3.17. The van der Waals surface area contributed by atoms with Crippen LogP contribution in [0.2, 0.25) is 5.02 Å². The molecule has 0 saturated carbocycles. The lowest BCUT2D eigenvalue weighted by molar-refractivity contribution is 0.0615. The van der Waals surface area contributed by atoms with Crippen molar-refractivity contribution >= 4 is 11.6 Å². The highest BCUT2D eigenvalue weighted by atomic mass is 35.5. The average Bonchev–Trinajstić information content (AvgIpc) is 2.78. The maximum Gasteiger partial charge on any atom is 0.0757 e. The number of hydrogen-bond donors (Lipinski definition) is 1. The Morgan fingerprint density at radius 1 is 1.47 bits per heavy atom. The summed E-state index contributed by atoms with van der Waals surface area (Å²) in [5, 5.41) is 4.43. The zero-order valence-electron chi connectivity index (χ0n) is 12.1. The summed E-state index contributed by atoms with van der Waals surface area (Å²) in [5.41, 5.74) is 2.42. The molecule has 1 aliphatic heterocycles. The number of ether oxygens (including phenoxy) is 1. The standard InChI is InChI=1S/C16H24ClNO/c1-4-18-15(16-12(3)7-8-19-16)10-13-6-5-11(2)9-14(13)17/h5-6,9,12,15-16,18H,4,7-8,10H2,1-3H3. The van der Waals surface area contributed by atoms with E-state index in [0.717, 1.165) is 31.0 Å². The molecule has 106 valence electrons. The SMILES string of the molecule is CCNC(Cc1ccc(C)cc1Cl)C1OCCC1C. The number of likely N-dealkylation sites (N-methyl/N-ethyl adjacent to an activating group) is 1. The molecule has 2 rings (SSSR count). The lowest BCUT2D eigenvalue weighted by Gasteiger charge is -2.27. The van der Waals surface area contributed by atoms with E-state index in [4.69, 9.17) is 16.3 Å². The normalized spacial score (nSPS) is 24.6. The van der Waals surface area contributed by atoms with Crippen LogP contribution < -0.4 is 5.32 Å². The molecule has 2 nitrogen and oxygen atoms in total. The number of halogens is 1. The Hall–Kier alpha value is -0.570. The van der Waals surface area contributed by atoms with E-state index >= 15 is 0 Å². The summed E-state index contributed by atoms with van der Waals surface area (Å²) in [6, 6.07) is 6.66. The molecular weight excluding hydrogens is 258 g/mol. The zero-order valence-corrected chi connectivity index (χ0v) is 12.8. The summed E-state index contributed by atoms with van der Waals surface area (Å²) in [5.74, 6) is 0.619. The molecule has 3 atom stereocenters. The second-order valence-corrected chi connectivity index (χ2v) is 5.97. The molecule has 0 amide bonds. The van der Waals surface area contributed by atoms with E-state index < -0.39 is 0 Å². The van der Waals surface area contributed by atoms with Crippen LogP contribution in [0, 0.1) is 12.8 Å². The van der Waals surface area contributed by atoms with Gasteiger partial charge in [0, 0.05) is 17.7 Å². The van der Waals surface area contributed by atoms with Crippen molar-refractivity contribution in [3.63, 3.8) is 0 Å². The molecule has 0 aliphatic carbocycles. The minimum Gasteiger partial charge on any atom is -0.376 e. The van der Waals surface area contributed by atoms with Crippen LogP contribution in [0.15, 0.2) is 18.2 Å². The van der Waals surface area contributed by atoms with Gasteiger partial charge in [-0.25, -0.2) is 0 Å². The molecule has 0 bridgehead atoms. The third-order valence-electron chi connectivity index (χ3n) is 3.96. The topological polar surface area (TPSA) is 21.3 Å². The Kier molecular flexibility index (Phi) is 5.26. The van der Waals surface area contributed by atoms with Crippen LogP contribution in [0.25, 0.3) is 0 Å². The van der Waals surface area contributed by atoms with E-state index in [-0.39, 0.29) is 0 Å². The first-order valence-electron chi connectivity index (χ1n) is 7.21. The van der Waals surface area contributed by atoms with Crippen molar-refractivity contribution < 1.29 is 4.74 Å². The number of rotatable bonds is 5. The largest absolute Gasteiger partial charge is 0.376 e. The molecule has 1 aromatic carbocycles. The van der Waals surface area contributed by atoms with Gasteiger partial charge in [-0.15, -0.1) is 0 Å². The number of benzene rings is 1. The van der Waals surface area contributed by atoms with Crippen molar-refractivity contribution in [3.8, 4) is 0 Å². The molecule has 1 aliphatic rings. The number of nitrogens with one attached hydrogen (secondary N) is 1. The van der Waals surface area contributed by atoms with E-state index in [1.807, 2.05) is 6.07 Å². The first kappa shape index (κ1) is 14.8. The third kappa shape index (κ3) is 3.71. The Balaban J connectivity index is 2.11. The summed E-state index contributed by atoms with van der Waals surface area (Å²) < 4.78 is 5.91. The summed E-state index contributed by atoms with van der Waals surface area (Å²) in [6.07, 6.45) is 2.40. The Bertz CT molecular complexity index is 421. The van der Waals surface area contributed by atoms with Crippen LogP contribution in [-0.2, 0) is 11.2 Å². The molecule has 0 aromatic heterocycles. The fraction of sp³-hybridized carbons (Fsp3) is 0.625. The van der Waals surface area contributed by atoms with Gasteiger partial charge >= 0.3 is 0 Å². The molecule has 0 spiro atoms. The van der Waals surface area contributed by atoms with E-state index in [2.05, 4.69) is 38.2 Å². The highest BCUT2D eigenvalue weighted by molar-refractivity contribution is 6.31. The minimum atomic E-state index is 0.303. The van der Waals surface area contributed by atoms with Crippen molar-refractivity contribution in [3.05, 3.63) is 34.3 Å². The maximum absolute atomic E-state index is 6.35. The Morgan fingerprint density at radius 3 is 2.84 bits per heavy atom. The highest BCUT2D eigenvalue weighted by Crippen LogP contribution is 2.27. The van der Waals surface area contributed by atoms with Crippen LogP contribution >= 0.6 is 11.6 Å². The van der Waals surface area contributed by atoms with Gasteiger partial charge in [0.2, 0.25) is 0 Å². The third-order valence-corrected chi connectivity index (χ3v) is 4.31. The molecule has 1 aromatic rings. The highest BCUT2D eigenvalue weighted by Gasteiger charge is 2.31. The van der Waals surface area contributed by atoms with Crippen LogP contribution in [0.1, 0.15) is 31.4 Å². The lowest BCUT2D eigenvalue weighted by atomic mass is 9.92. The average molecular weight is 282 g/mol. The molecule has 1 heterocycles. The smallest absolute Gasteiger partial charge is 0.0757 e. The van der Waals surface area contributed by atoms with Gasteiger partial charge in [-0.3, -0.25) is 0 Å². The van der Waals surface area contributed by atoms with Gasteiger partial charge in [0.05, 0.1) is 6.10 Å². The summed E-state index contributed by atoms with van der Waals surface area (Å²) >= 11 is 6.35. The van der Waals surface area contributed by atoms with E-state index in [1.165, 1.54) is 11.1 Å². The van der Waals surface area contributed by atoms with Crippen LogP contribution in [0.3, 0.4) is 0 Å². The molecule has 1 N–H and O–H groups in total. The number of hydrogen-bond acceptors (Lipinski definition) is 2. The van der Waals surface area contributed by atoms with Gasteiger partial charge in [0.15, 0.2) is 0 Å². The molecule has 1 fully saturated rings. The predicted octanol–water partition coefficient (Wildman–Crippen LogP) is 3.59. The maximum atomic E-state index is 6.35. The molecule has 0 radical (unpaired) electrons. The molecule has 1 saturated heterocycles. The fourth-order valence-electron chi connectivity index (χ4n) is 2.85. The van der Waals surface area contributed by atoms with Gasteiger partial charge in [-0.2, -0.15) is 0 Å². The van der Waals surface area contributed by atoms with Gasteiger partial charge in [-0.05, 0) is 49.4 Å². The zero-order chi connectivity index (χ0) is 13.8. The van der Waals surface area contributed by atoms with Crippen LogP contribution in [0.4, 0.5) is 0 Å². The van der Waals surface area contributed by atoms with Crippen molar-refractivity contribution in [2.24, 2.45) is 5.92 Å². The quantitative estimate of drug-likeness (QED) is 0.890. The van der Waals surface area contributed by atoms with Crippen LogP contribution in [-0.4, -0.2) is 25.3 Å². The second kappa shape index (κ2) is 6.74. The van der Waals surface area contributed by atoms with Crippen molar-refractivity contribution in [2.75, 3.05) is 13.2 Å². The predicted molar refractivity (Wildman–Crippen MR) is 80.9 cm³/mol. The lowest BCUT2D eigenvalue weighted by Crippen LogP contribution is -2.43. The molecule has 3 heteroatoms. The first-order chi connectivity index (χ1) is 9.11. The monoisotopic (exact) mass is 281 g/mol. The summed E-state index contributed by atoms with van der Waals surface area (Å²) in [4.78, 5) is 0. The molecule has 19 heavy (non-hydrogen) atoms.